The quantitative estimate of drug-likeness (QED) is 0.732. The fourth-order valence-corrected chi connectivity index (χ4v) is 2.57. The van der Waals surface area contributed by atoms with Crippen LogP contribution in [0.25, 0.3) is 0 Å². The van der Waals surface area contributed by atoms with E-state index in [1.165, 1.54) is 0 Å². The lowest BCUT2D eigenvalue weighted by atomic mass is 9.85. The number of hydrogen-bond acceptors (Lipinski definition) is 3. The van der Waals surface area contributed by atoms with Crippen LogP contribution in [0.4, 0.5) is 0 Å². The Balaban J connectivity index is 2.13. The normalized spacial score (nSPS) is 25.7. The molecule has 1 rings (SSSR count). The Kier molecular flexibility index (Phi) is 7.28. The lowest BCUT2D eigenvalue weighted by Gasteiger charge is -2.27. The molecular formula is C14H27NO3. The van der Waals surface area contributed by atoms with Crippen LogP contribution < -0.4 is 5.32 Å². The molecule has 1 atom stereocenters. The first-order valence-corrected chi connectivity index (χ1v) is 7.13. The van der Waals surface area contributed by atoms with Gasteiger partial charge in [-0.25, -0.2) is 0 Å². The highest BCUT2D eigenvalue weighted by Gasteiger charge is 2.22. The van der Waals surface area contributed by atoms with E-state index in [4.69, 9.17) is 4.74 Å². The summed E-state index contributed by atoms with van der Waals surface area (Å²) in [4.78, 5) is 11.7. The van der Waals surface area contributed by atoms with Crippen molar-refractivity contribution in [3.05, 3.63) is 0 Å². The molecule has 0 bridgehead atoms. The Morgan fingerprint density at radius 2 is 2.06 bits per heavy atom. The van der Waals surface area contributed by atoms with Crippen LogP contribution >= 0.6 is 0 Å². The molecule has 0 radical (unpaired) electrons. The van der Waals surface area contributed by atoms with Gasteiger partial charge in [0.2, 0.25) is 5.91 Å². The van der Waals surface area contributed by atoms with Crippen LogP contribution in [0.5, 0.6) is 0 Å². The zero-order valence-electron chi connectivity index (χ0n) is 11.7. The summed E-state index contributed by atoms with van der Waals surface area (Å²) in [5.74, 6) is 0.561. The van der Waals surface area contributed by atoms with Gasteiger partial charge in [0.25, 0.3) is 0 Å². The van der Waals surface area contributed by atoms with Gasteiger partial charge in [-0.2, -0.15) is 0 Å². The number of aliphatic hydroxyl groups excluding tert-OH is 1. The number of carbonyl (C=O) groups is 1. The lowest BCUT2D eigenvalue weighted by molar-refractivity contribution is -0.123. The average molecular weight is 257 g/mol. The van der Waals surface area contributed by atoms with Crippen molar-refractivity contribution in [2.45, 2.75) is 64.1 Å². The van der Waals surface area contributed by atoms with Gasteiger partial charge in [0.15, 0.2) is 0 Å². The van der Waals surface area contributed by atoms with Gasteiger partial charge >= 0.3 is 0 Å². The lowest BCUT2D eigenvalue weighted by Crippen LogP contribution is -2.34. The minimum absolute atomic E-state index is 0.0750. The maximum absolute atomic E-state index is 11.7. The molecule has 1 aliphatic carbocycles. The minimum atomic E-state index is -0.400. The number of carbonyl (C=O) groups excluding carboxylic acids is 1. The Morgan fingerprint density at radius 1 is 1.39 bits per heavy atom. The van der Waals surface area contributed by atoms with Crippen LogP contribution in [0, 0.1) is 5.92 Å². The molecule has 1 unspecified atom stereocenters. The van der Waals surface area contributed by atoms with E-state index in [0.717, 1.165) is 38.5 Å². The van der Waals surface area contributed by atoms with Gasteiger partial charge in [0.05, 0.1) is 12.2 Å². The van der Waals surface area contributed by atoms with Gasteiger partial charge in [-0.1, -0.05) is 13.3 Å². The number of rotatable bonds is 7. The molecule has 4 nitrogen and oxygen atoms in total. The first-order valence-electron chi connectivity index (χ1n) is 7.13. The number of hydrogen-bond donors (Lipinski definition) is 2. The van der Waals surface area contributed by atoms with E-state index >= 15 is 0 Å². The molecule has 0 aliphatic heterocycles. The van der Waals surface area contributed by atoms with Crippen LogP contribution in [0.3, 0.4) is 0 Å². The predicted molar refractivity (Wildman–Crippen MR) is 71.3 cm³/mol. The first kappa shape index (κ1) is 15.4. The van der Waals surface area contributed by atoms with Crippen molar-refractivity contribution >= 4 is 5.91 Å². The van der Waals surface area contributed by atoms with Crippen LogP contribution in [0.2, 0.25) is 0 Å². The van der Waals surface area contributed by atoms with Crippen molar-refractivity contribution in [1.29, 1.82) is 0 Å². The van der Waals surface area contributed by atoms with E-state index in [2.05, 4.69) is 5.32 Å². The Labute approximate surface area is 110 Å². The van der Waals surface area contributed by atoms with E-state index in [9.17, 15) is 9.90 Å². The smallest absolute Gasteiger partial charge is 0.220 e. The number of aliphatic hydroxyl groups is 1. The predicted octanol–water partition coefficient (Wildman–Crippen LogP) is 1.86. The average Bonchev–Trinajstić information content (AvgIpc) is 2.38. The maximum Gasteiger partial charge on any atom is 0.220 e. The van der Waals surface area contributed by atoms with Crippen molar-refractivity contribution < 1.29 is 14.6 Å². The largest absolute Gasteiger partial charge is 0.391 e. The summed E-state index contributed by atoms with van der Waals surface area (Å²) in [6.07, 6.45) is 6.54. The standard InChI is InChI=1S/C14H27NO3/c1-3-4-12(16)10-15-14(17)9-11-5-7-13(18-2)8-6-11/h11-13,16H,3-10H2,1-2H3,(H,15,17). The van der Waals surface area contributed by atoms with Gasteiger partial charge in [-0.3, -0.25) is 4.79 Å². The summed E-state index contributed by atoms with van der Waals surface area (Å²) in [6.45, 7) is 2.42. The molecular weight excluding hydrogens is 230 g/mol. The van der Waals surface area contributed by atoms with Gasteiger partial charge < -0.3 is 15.2 Å². The molecule has 1 amide bonds. The van der Waals surface area contributed by atoms with Crippen LogP contribution in [-0.4, -0.2) is 36.9 Å². The molecule has 1 aliphatic rings. The summed E-state index contributed by atoms with van der Waals surface area (Å²) in [5, 5.41) is 12.4. The molecule has 0 spiro atoms. The van der Waals surface area contributed by atoms with E-state index in [1.807, 2.05) is 6.92 Å². The van der Waals surface area contributed by atoms with Crippen molar-refractivity contribution in [3.63, 3.8) is 0 Å². The zero-order chi connectivity index (χ0) is 13.4. The molecule has 18 heavy (non-hydrogen) atoms. The first-order chi connectivity index (χ1) is 8.65. The van der Waals surface area contributed by atoms with Crippen molar-refractivity contribution in [1.82, 2.24) is 5.32 Å². The molecule has 0 aromatic carbocycles. The van der Waals surface area contributed by atoms with Gasteiger partial charge in [-0.05, 0) is 38.0 Å². The summed E-state index contributed by atoms with van der Waals surface area (Å²) < 4.78 is 5.32. The highest BCUT2D eigenvalue weighted by molar-refractivity contribution is 5.76. The number of amides is 1. The van der Waals surface area contributed by atoms with E-state index < -0.39 is 6.10 Å². The molecule has 0 aromatic heterocycles. The molecule has 2 N–H and O–H groups in total. The summed E-state index contributed by atoms with van der Waals surface area (Å²) in [7, 11) is 1.76. The third-order valence-electron chi connectivity index (χ3n) is 3.76. The topological polar surface area (TPSA) is 58.6 Å². The van der Waals surface area contributed by atoms with Crippen molar-refractivity contribution in [2.24, 2.45) is 5.92 Å². The molecule has 1 saturated carbocycles. The van der Waals surface area contributed by atoms with E-state index in [0.29, 0.717) is 25.0 Å². The molecule has 0 heterocycles. The fraction of sp³-hybridized carbons (Fsp3) is 0.929. The second-order valence-corrected chi connectivity index (χ2v) is 5.33. The second-order valence-electron chi connectivity index (χ2n) is 5.33. The number of methoxy groups -OCH3 is 1. The highest BCUT2D eigenvalue weighted by atomic mass is 16.5. The number of nitrogens with one attached hydrogen (secondary N) is 1. The third kappa shape index (κ3) is 5.83. The van der Waals surface area contributed by atoms with Gasteiger partial charge in [-0.15, -0.1) is 0 Å². The molecule has 1 fully saturated rings. The van der Waals surface area contributed by atoms with Crippen LogP contribution in [-0.2, 0) is 9.53 Å². The Hall–Kier alpha value is -0.610. The van der Waals surface area contributed by atoms with Crippen molar-refractivity contribution in [3.8, 4) is 0 Å². The van der Waals surface area contributed by atoms with Crippen molar-refractivity contribution in [2.75, 3.05) is 13.7 Å². The van der Waals surface area contributed by atoms with Gasteiger partial charge in [0, 0.05) is 20.1 Å². The summed E-state index contributed by atoms with van der Waals surface area (Å²) >= 11 is 0. The summed E-state index contributed by atoms with van der Waals surface area (Å²) in [5.41, 5.74) is 0. The number of ether oxygens (including phenoxy) is 1. The summed E-state index contributed by atoms with van der Waals surface area (Å²) in [6, 6.07) is 0. The minimum Gasteiger partial charge on any atom is -0.391 e. The Morgan fingerprint density at radius 3 is 2.61 bits per heavy atom. The Bertz CT molecular complexity index is 237. The molecule has 4 heteroatoms. The second kappa shape index (κ2) is 8.48. The maximum atomic E-state index is 11.7. The van der Waals surface area contributed by atoms with E-state index in [1.54, 1.807) is 7.11 Å². The monoisotopic (exact) mass is 257 g/mol. The molecule has 0 saturated heterocycles. The molecule has 0 aromatic rings. The fourth-order valence-electron chi connectivity index (χ4n) is 2.57. The zero-order valence-corrected chi connectivity index (χ0v) is 11.7. The van der Waals surface area contributed by atoms with Gasteiger partial charge in [0.1, 0.15) is 0 Å². The third-order valence-corrected chi connectivity index (χ3v) is 3.76. The highest BCUT2D eigenvalue weighted by Crippen LogP contribution is 2.27. The van der Waals surface area contributed by atoms with Crippen LogP contribution in [0.1, 0.15) is 51.9 Å². The SMILES string of the molecule is CCCC(O)CNC(=O)CC1CCC(OC)CC1. The van der Waals surface area contributed by atoms with Crippen LogP contribution in [0.15, 0.2) is 0 Å². The molecule has 106 valence electrons. The van der Waals surface area contributed by atoms with E-state index in [-0.39, 0.29) is 5.91 Å².